The molecule has 0 aliphatic rings. The van der Waals surface area contributed by atoms with Crippen LogP contribution in [-0.2, 0) is 11.3 Å². The molecule has 1 amide bonds. The Hall–Kier alpha value is -3.31. The quantitative estimate of drug-likeness (QED) is 0.572. The van der Waals surface area contributed by atoms with Gasteiger partial charge in [0.25, 0.3) is 11.5 Å². The third kappa shape index (κ3) is 3.62. The summed E-state index contributed by atoms with van der Waals surface area (Å²) in [7, 11) is 0. The highest BCUT2D eigenvalue weighted by Gasteiger charge is 2.10. The number of rotatable bonds is 4. The van der Waals surface area contributed by atoms with Gasteiger partial charge in [-0.15, -0.1) is 11.3 Å². The summed E-state index contributed by atoms with van der Waals surface area (Å²) >= 11 is 1.40. The molecular formula is C17H13N5O2S. The fourth-order valence-corrected chi connectivity index (χ4v) is 3.11. The second-order valence-corrected chi connectivity index (χ2v) is 6.16. The maximum Gasteiger partial charge on any atom is 0.262 e. The maximum absolute atomic E-state index is 12.4. The number of amides is 1. The highest BCUT2D eigenvalue weighted by atomic mass is 32.1. The van der Waals surface area contributed by atoms with Gasteiger partial charge in [0.15, 0.2) is 0 Å². The minimum Gasteiger partial charge on any atom is -0.289 e. The minimum atomic E-state index is -0.430. The summed E-state index contributed by atoms with van der Waals surface area (Å²) in [6.07, 6.45) is 2.83. The fourth-order valence-electron chi connectivity index (χ4n) is 2.23. The van der Waals surface area contributed by atoms with Crippen molar-refractivity contribution in [3.05, 3.63) is 63.0 Å². The fraction of sp³-hybridized carbons (Fsp3) is 0.118. The maximum atomic E-state index is 12.4. The molecule has 0 aliphatic carbocycles. The number of aromatic nitrogens is 2. The topological polar surface area (TPSA) is 100 Å². The number of hydrogen-bond donors (Lipinski definition) is 1. The van der Waals surface area contributed by atoms with Crippen LogP contribution in [0, 0.1) is 18.3 Å². The first-order valence-corrected chi connectivity index (χ1v) is 8.22. The van der Waals surface area contributed by atoms with E-state index in [4.69, 9.17) is 5.26 Å². The zero-order chi connectivity index (χ0) is 17.8. The molecule has 8 heteroatoms. The van der Waals surface area contributed by atoms with Gasteiger partial charge < -0.3 is 0 Å². The van der Waals surface area contributed by atoms with Crippen molar-refractivity contribution in [1.82, 2.24) is 15.0 Å². The van der Waals surface area contributed by atoms with Crippen LogP contribution in [0.3, 0.4) is 0 Å². The van der Waals surface area contributed by atoms with E-state index < -0.39 is 5.91 Å². The molecule has 2 heterocycles. The molecule has 0 radical (unpaired) electrons. The van der Waals surface area contributed by atoms with E-state index in [-0.39, 0.29) is 12.1 Å². The normalized spacial score (nSPS) is 10.9. The van der Waals surface area contributed by atoms with Crippen molar-refractivity contribution in [3.8, 4) is 6.07 Å². The predicted octanol–water partition coefficient (Wildman–Crippen LogP) is 1.79. The van der Waals surface area contributed by atoms with Gasteiger partial charge in [-0.2, -0.15) is 10.4 Å². The number of thiophene rings is 1. The van der Waals surface area contributed by atoms with Crippen LogP contribution in [0.2, 0.25) is 0 Å². The first kappa shape index (κ1) is 16.5. The molecule has 7 nitrogen and oxygen atoms in total. The Kier molecular flexibility index (Phi) is 4.68. The lowest BCUT2D eigenvalue weighted by atomic mass is 10.2. The lowest BCUT2D eigenvalue weighted by Crippen LogP contribution is -2.30. The molecule has 25 heavy (non-hydrogen) atoms. The second-order valence-electron chi connectivity index (χ2n) is 5.30. The van der Waals surface area contributed by atoms with Crippen LogP contribution in [0.15, 0.2) is 45.9 Å². The number of nitrogens with one attached hydrogen (secondary N) is 1. The lowest BCUT2D eigenvalue weighted by Gasteiger charge is -2.04. The Labute approximate surface area is 146 Å². The molecule has 3 aromatic rings. The molecule has 1 N–H and O–H groups in total. The van der Waals surface area contributed by atoms with Crippen LogP contribution in [0.25, 0.3) is 10.2 Å². The van der Waals surface area contributed by atoms with E-state index >= 15 is 0 Å². The van der Waals surface area contributed by atoms with E-state index in [0.717, 1.165) is 11.1 Å². The molecule has 0 aliphatic heterocycles. The van der Waals surface area contributed by atoms with Crippen molar-refractivity contribution < 1.29 is 4.79 Å². The molecule has 0 saturated carbocycles. The molecular weight excluding hydrogens is 338 g/mol. The van der Waals surface area contributed by atoms with Gasteiger partial charge in [0, 0.05) is 0 Å². The number of hydrogen-bond acceptors (Lipinski definition) is 6. The van der Waals surface area contributed by atoms with Crippen molar-refractivity contribution in [3.63, 3.8) is 0 Å². The molecule has 0 bridgehead atoms. The zero-order valence-corrected chi connectivity index (χ0v) is 14.1. The summed E-state index contributed by atoms with van der Waals surface area (Å²) in [5.41, 5.74) is 4.28. The van der Waals surface area contributed by atoms with E-state index in [2.05, 4.69) is 15.5 Å². The van der Waals surface area contributed by atoms with Crippen molar-refractivity contribution in [2.75, 3.05) is 0 Å². The molecule has 3 rings (SSSR count). The van der Waals surface area contributed by atoms with Crippen molar-refractivity contribution in [2.45, 2.75) is 13.5 Å². The first-order chi connectivity index (χ1) is 12.1. The summed E-state index contributed by atoms with van der Waals surface area (Å²) in [5.74, 6) is -0.430. The molecule has 0 saturated heterocycles. The Balaban J connectivity index is 1.67. The molecule has 0 fully saturated rings. The van der Waals surface area contributed by atoms with E-state index in [1.165, 1.54) is 28.4 Å². The van der Waals surface area contributed by atoms with Gasteiger partial charge in [-0.1, -0.05) is 12.1 Å². The highest BCUT2D eigenvalue weighted by molar-refractivity contribution is 7.16. The van der Waals surface area contributed by atoms with E-state index in [9.17, 15) is 9.59 Å². The Morgan fingerprint density at radius 3 is 2.92 bits per heavy atom. The molecule has 0 unspecified atom stereocenters. The molecule has 0 spiro atoms. The van der Waals surface area contributed by atoms with Crippen LogP contribution in [0.1, 0.15) is 16.7 Å². The van der Waals surface area contributed by atoms with Gasteiger partial charge in [0.1, 0.15) is 11.4 Å². The van der Waals surface area contributed by atoms with Crippen LogP contribution < -0.4 is 11.0 Å². The SMILES string of the molecule is Cc1csc2ncn(CC(=O)N/N=C/c3ccc(C#N)cc3)c(=O)c12. The predicted molar refractivity (Wildman–Crippen MR) is 95.5 cm³/mol. The van der Waals surface area contributed by atoms with Crippen molar-refractivity contribution in [1.29, 1.82) is 5.26 Å². The molecule has 2 aromatic heterocycles. The average molecular weight is 351 g/mol. The number of benzene rings is 1. The van der Waals surface area contributed by atoms with Gasteiger partial charge in [-0.3, -0.25) is 14.2 Å². The number of carbonyl (C=O) groups is 1. The van der Waals surface area contributed by atoms with E-state index in [1.807, 2.05) is 18.4 Å². The van der Waals surface area contributed by atoms with Crippen molar-refractivity contribution in [2.24, 2.45) is 5.10 Å². The minimum absolute atomic E-state index is 0.165. The molecule has 124 valence electrons. The number of carbonyl (C=O) groups excluding carboxylic acids is 1. The van der Waals surface area contributed by atoms with Crippen LogP contribution in [0.4, 0.5) is 0 Å². The van der Waals surface area contributed by atoms with Gasteiger partial charge in [-0.05, 0) is 35.6 Å². The van der Waals surface area contributed by atoms with Crippen LogP contribution >= 0.6 is 11.3 Å². The van der Waals surface area contributed by atoms with E-state index in [0.29, 0.717) is 15.8 Å². The third-order valence-electron chi connectivity index (χ3n) is 3.50. The number of aryl methyl sites for hydroxylation is 1. The Bertz CT molecular complexity index is 1060. The highest BCUT2D eigenvalue weighted by Crippen LogP contribution is 2.19. The van der Waals surface area contributed by atoms with Gasteiger partial charge in [0.2, 0.25) is 0 Å². The summed E-state index contributed by atoms with van der Waals surface area (Å²) in [4.78, 5) is 29.2. The van der Waals surface area contributed by atoms with Crippen molar-refractivity contribution >= 4 is 33.7 Å². The van der Waals surface area contributed by atoms with Gasteiger partial charge in [0.05, 0.1) is 29.6 Å². The van der Waals surface area contributed by atoms with E-state index in [1.54, 1.807) is 24.3 Å². The largest absolute Gasteiger partial charge is 0.289 e. The first-order valence-electron chi connectivity index (χ1n) is 7.34. The Morgan fingerprint density at radius 2 is 2.20 bits per heavy atom. The lowest BCUT2D eigenvalue weighted by molar-refractivity contribution is -0.121. The number of hydrazone groups is 1. The van der Waals surface area contributed by atoms with Crippen LogP contribution in [-0.4, -0.2) is 21.7 Å². The standard InChI is InChI=1S/C17H13N5O2S/c1-11-9-25-16-15(11)17(24)22(10-19-16)8-14(23)21-20-7-13-4-2-12(6-18)3-5-13/h2-5,7,9-10H,8H2,1H3,(H,21,23)/b20-7+. The summed E-state index contributed by atoms with van der Waals surface area (Å²) in [5, 5.41) is 15.0. The average Bonchev–Trinajstić information content (AvgIpc) is 3.00. The van der Waals surface area contributed by atoms with Gasteiger partial charge >= 0.3 is 0 Å². The number of nitrogens with zero attached hydrogens (tertiary/aromatic N) is 4. The zero-order valence-electron chi connectivity index (χ0n) is 13.3. The summed E-state index contributed by atoms with van der Waals surface area (Å²) < 4.78 is 1.26. The third-order valence-corrected chi connectivity index (χ3v) is 4.51. The summed E-state index contributed by atoms with van der Waals surface area (Å²) in [6, 6.07) is 8.78. The second kappa shape index (κ2) is 7.07. The summed E-state index contributed by atoms with van der Waals surface area (Å²) in [6.45, 7) is 1.68. The van der Waals surface area contributed by atoms with Gasteiger partial charge in [-0.25, -0.2) is 10.4 Å². The molecule has 1 aromatic carbocycles. The Morgan fingerprint density at radius 1 is 1.44 bits per heavy atom. The van der Waals surface area contributed by atoms with Crippen LogP contribution in [0.5, 0.6) is 0 Å². The number of nitriles is 1. The molecule has 0 atom stereocenters. The monoisotopic (exact) mass is 351 g/mol. The number of fused-ring (bicyclic) bond motifs is 1. The smallest absolute Gasteiger partial charge is 0.262 e.